The van der Waals surface area contributed by atoms with Gasteiger partial charge < -0.3 is 11.1 Å². The van der Waals surface area contributed by atoms with Crippen molar-refractivity contribution in [2.45, 2.75) is 39.2 Å². The van der Waals surface area contributed by atoms with Crippen LogP contribution in [0.5, 0.6) is 0 Å². The highest BCUT2D eigenvalue weighted by Gasteiger charge is 2.29. The molecule has 1 amide bonds. The number of hydrogen-bond acceptors (Lipinski definition) is 4. The number of carbonyl (C=O) groups excluding carboxylic acids is 1. The lowest BCUT2D eigenvalue weighted by molar-refractivity contribution is 0.0884. The van der Waals surface area contributed by atoms with Gasteiger partial charge in [-0.3, -0.25) is 4.79 Å². The first kappa shape index (κ1) is 21.7. The number of hydrogen-bond donors (Lipinski definition) is 2. The Balaban J connectivity index is 0.00000312. The van der Waals surface area contributed by atoms with Gasteiger partial charge in [0.25, 0.3) is 5.91 Å². The maximum atomic E-state index is 12.5. The van der Waals surface area contributed by atoms with Crippen molar-refractivity contribution in [2.24, 2.45) is 5.73 Å². The summed E-state index contributed by atoms with van der Waals surface area (Å²) in [6.07, 6.45) is 1.45. The normalized spacial score (nSPS) is 11.1. The van der Waals surface area contributed by atoms with Gasteiger partial charge in [-0.1, -0.05) is 43.1 Å². The first-order chi connectivity index (χ1) is 11.4. The molecule has 3 N–H and O–H groups in total. The largest absolute Gasteiger partial charge is 0.343 e. The number of aryl methyl sites for hydroxylation is 1. The van der Waals surface area contributed by atoms with Crippen LogP contribution in [0.1, 0.15) is 43.1 Å². The van der Waals surface area contributed by atoms with Crippen LogP contribution in [0.25, 0.3) is 5.69 Å². The minimum atomic E-state index is -0.460. The van der Waals surface area contributed by atoms with E-state index in [4.69, 9.17) is 28.9 Å². The summed E-state index contributed by atoms with van der Waals surface area (Å²) < 4.78 is 1.47. The summed E-state index contributed by atoms with van der Waals surface area (Å²) in [5.41, 5.74) is 5.87. The van der Waals surface area contributed by atoms with E-state index in [9.17, 15) is 4.79 Å². The molecule has 0 aliphatic heterocycles. The first-order valence-corrected chi connectivity index (χ1v) is 8.53. The van der Waals surface area contributed by atoms with Gasteiger partial charge in [-0.05, 0) is 31.9 Å². The number of nitrogens with one attached hydrogen (secondary N) is 1. The fourth-order valence-electron chi connectivity index (χ4n) is 2.45. The van der Waals surface area contributed by atoms with Crippen molar-refractivity contribution in [1.29, 1.82) is 0 Å². The quantitative estimate of drug-likeness (QED) is 0.768. The zero-order valence-electron chi connectivity index (χ0n) is 14.3. The molecule has 0 saturated heterocycles. The van der Waals surface area contributed by atoms with E-state index in [0.717, 1.165) is 12.8 Å². The van der Waals surface area contributed by atoms with Gasteiger partial charge in [0.05, 0.1) is 15.6 Å². The molecule has 0 spiro atoms. The van der Waals surface area contributed by atoms with Gasteiger partial charge in [0.2, 0.25) is 5.82 Å². The van der Waals surface area contributed by atoms with Crippen LogP contribution in [-0.4, -0.2) is 32.8 Å². The molecule has 0 aliphatic carbocycles. The van der Waals surface area contributed by atoms with Crippen molar-refractivity contribution >= 4 is 41.5 Å². The fraction of sp³-hybridized carbons (Fsp3) is 0.438. The van der Waals surface area contributed by atoms with Gasteiger partial charge in [-0.25, -0.2) is 9.67 Å². The van der Waals surface area contributed by atoms with E-state index in [1.165, 1.54) is 4.68 Å². The highest BCUT2D eigenvalue weighted by Crippen LogP contribution is 2.28. The molecule has 1 aromatic carbocycles. The van der Waals surface area contributed by atoms with Gasteiger partial charge in [0.15, 0.2) is 0 Å². The summed E-state index contributed by atoms with van der Waals surface area (Å²) in [4.78, 5) is 16.8. The van der Waals surface area contributed by atoms with E-state index >= 15 is 0 Å². The van der Waals surface area contributed by atoms with E-state index in [-0.39, 0.29) is 24.1 Å². The Labute approximate surface area is 163 Å². The van der Waals surface area contributed by atoms with Crippen LogP contribution < -0.4 is 11.1 Å². The summed E-state index contributed by atoms with van der Waals surface area (Å²) in [5.74, 6) is 0.207. The number of aromatic nitrogens is 3. The van der Waals surface area contributed by atoms with Gasteiger partial charge in [0, 0.05) is 6.54 Å². The maximum absolute atomic E-state index is 12.5. The number of halogens is 3. The average molecular weight is 407 g/mol. The molecule has 2 rings (SSSR count). The molecule has 9 heteroatoms. The minimum Gasteiger partial charge on any atom is -0.343 e. The second-order valence-electron chi connectivity index (χ2n) is 5.61. The fourth-order valence-corrected chi connectivity index (χ4v) is 3.01. The third-order valence-electron chi connectivity index (χ3n) is 4.24. The topological polar surface area (TPSA) is 85.8 Å². The molecule has 1 heterocycles. The molecule has 0 aliphatic rings. The summed E-state index contributed by atoms with van der Waals surface area (Å²) in [7, 11) is 0. The average Bonchev–Trinajstić information content (AvgIpc) is 2.94. The van der Waals surface area contributed by atoms with Gasteiger partial charge in [0.1, 0.15) is 11.5 Å². The summed E-state index contributed by atoms with van der Waals surface area (Å²) >= 11 is 12.4. The molecular formula is C16H22Cl3N5O. The predicted molar refractivity (Wildman–Crippen MR) is 103 cm³/mol. The van der Waals surface area contributed by atoms with Crippen LogP contribution in [0.2, 0.25) is 10.0 Å². The SMILES string of the molecule is CCC(CC)(CN)NC(=O)c1nc(C)n(-c2c(Cl)cccc2Cl)n1.Cl. The Morgan fingerprint density at radius 3 is 2.32 bits per heavy atom. The zero-order chi connectivity index (χ0) is 17.9. The van der Waals surface area contributed by atoms with E-state index in [2.05, 4.69) is 15.4 Å². The van der Waals surface area contributed by atoms with Crippen molar-refractivity contribution in [3.63, 3.8) is 0 Å². The Morgan fingerprint density at radius 1 is 1.28 bits per heavy atom. The Bertz CT molecular complexity index is 715. The maximum Gasteiger partial charge on any atom is 0.291 e. The Kier molecular flexibility index (Phi) is 7.68. The molecule has 25 heavy (non-hydrogen) atoms. The molecule has 0 atom stereocenters. The highest BCUT2D eigenvalue weighted by molar-refractivity contribution is 6.37. The summed E-state index contributed by atoms with van der Waals surface area (Å²) in [6, 6.07) is 5.15. The molecule has 0 bridgehead atoms. The number of para-hydroxylation sites is 1. The minimum absolute atomic E-state index is 0. The van der Waals surface area contributed by atoms with Gasteiger partial charge in [-0.15, -0.1) is 17.5 Å². The second-order valence-corrected chi connectivity index (χ2v) is 6.42. The van der Waals surface area contributed by atoms with E-state index in [1.807, 2.05) is 13.8 Å². The third-order valence-corrected chi connectivity index (χ3v) is 4.85. The van der Waals surface area contributed by atoms with Crippen molar-refractivity contribution < 1.29 is 4.79 Å². The van der Waals surface area contributed by atoms with Crippen LogP contribution in [0, 0.1) is 6.92 Å². The first-order valence-electron chi connectivity index (χ1n) is 7.78. The zero-order valence-corrected chi connectivity index (χ0v) is 16.7. The van der Waals surface area contributed by atoms with Crippen LogP contribution in [-0.2, 0) is 0 Å². The monoisotopic (exact) mass is 405 g/mol. The van der Waals surface area contributed by atoms with Crippen LogP contribution >= 0.6 is 35.6 Å². The molecule has 0 radical (unpaired) electrons. The van der Waals surface area contributed by atoms with Crippen molar-refractivity contribution in [3.8, 4) is 5.69 Å². The Hall–Kier alpha value is -1.34. The highest BCUT2D eigenvalue weighted by atomic mass is 35.5. The predicted octanol–water partition coefficient (Wildman–Crippen LogP) is 3.55. The van der Waals surface area contributed by atoms with Crippen molar-refractivity contribution in [2.75, 3.05) is 6.54 Å². The number of nitrogens with zero attached hydrogens (tertiary/aromatic N) is 3. The molecule has 6 nitrogen and oxygen atoms in total. The number of rotatable bonds is 6. The van der Waals surface area contributed by atoms with Crippen molar-refractivity contribution in [3.05, 3.63) is 39.9 Å². The number of nitrogens with two attached hydrogens (primary N) is 1. The lowest BCUT2D eigenvalue weighted by Gasteiger charge is -2.30. The van der Waals surface area contributed by atoms with Crippen LogP contribution in [0.4, 0.5) is 0 Å². The van der Waals surface area contributed by atoms with Gasteiger partial charge >= 0.3 is 0 Å². The lowest BCUT2D eigenvalue weighted by Crippen LogP contribution is -2.53. The number of carbonyl (C=O) groups is 1. The Morgan fingerprint density at radius 2 is 1.84 bits per heavy atom. The lowest BCUT2D eigenvalue weighted by atomic mass is 9.93. The molecule has 0 unspecified atom stereocenters. The molecule has 0 saturated carbocycles. The summed E-state index contributed by atoms with van der Waals surface area (Å²) in [5, 5.41) is 8.08. The van der Waals surface area contributed by atoms with Gasteiger partial charge in [-0.2, -0.15) is 0 Å². The van der Waals surface area contributed by atoms with Crippen molar-refractivity contribution in [1.82, 2.24) is 20.1 Å². The molecule has 0 fully saturated rings. The standard InChI is InChI=1S/C16H21Cl2N5O.ClH/c1-4-16(5-2,9-19)21-15(24)14-20-10(3)23(22-14)13-11(17)7-6-8-12(13)18;/h6-8H,4-5,9,19H2,1-3H3,(H,21,24);1H. The molecule has 2 aromatic rings. The van der Waals surface area contributed by atoms with E-state index < -0.39 is 5.54 Å². The second kappa shape index (κ2) is 8.85. The molecule has 138 valence electrons. The number of benzene rings is 1. The van der Waals surface area contributed by atoms with Crippen LogP contribution in [0.15, 0.2) is 18.2 Å². The molecule has 1 aromatic heterocycles. The van der Waals surface area contributed by atoms with E-state index in [0.29, 0.717) is 28.1 Å². The van der Waals surface area contributed by atoms with Crippen LogP contribution in [0.3, 0.4) is 0 Å². The molecular weight excluding hydrogens is 385 g/mol. The third kappa shape index (κ3) is 4.44. The van der Waals surface area contributed by atoms with E-state index in [1.54, 1.807) is 25.1 Å². The summed E-state index contributed by atoms with van der Waals surface area (Å²) in [6.45, 7) is 6.05. The smallest absolute Gasteiger partial charge is 0.291 e. The number of amides is 1.